The number of anilines is 1. The molecule has 0 bridgehead atoms. The molecule has 1 unspecified atom stereocenters. The average Bonchev–Trinajstić information content (AvgIpc) is 3.40. The molecule has 1 aromatic rings. The molecule has 2 fully saturated rings. The van der Waals surface area contributed by atoms with Gasteiger partial charge in [0.05, 0.1) is 18.1 Å². The minimum atomic E-state index is -0.714. The van der Waals surface area contributed by atoms with Crippen molar-refractivity contribution in [1.82, 2.24) is 25.9 Å². The Labute approximate surface area is 168 Å². The largest absolute Gasteiger partial charge is 0.393 e. The van der Waals surface area contributed by atoms with Crippen molar-refractivity contribution in [3.8, 4) is 0 Å². The molecule has 1 aromatic heterocycles. The van der Waals surface area contributed by atoms with E-state index in [0.717, 1.165) is 31.4 Å². The van der Waals surface area contributed by atoms with E-state index in [1.807, 2.05) is 0 Å². The molecule has 3 aliphatic rings. The number of aromatic nitrogens is 2. The van der Waals surface area contributed by atoms with Gasteiger partial charge >= 0.3 is 0 Å². The van der Waals surface area contributed by atoms with Gasteiger partial charge in [0.15, 0.2) is 5.83 Å². The maximum absolute atomic E-state index is 13.9. The minimum absolute atomic E-state index is 0.148. The predicted octanol–water partition coefficient (Wildman–Crippen LogP) is 1.41. The van der Waals surface area contributed by atoms with E-state index in [4.69, 9.17) is 5.41 Å². The third-order valence-electron chi connectivity index (χ3n) is 5.11. The van der Waals surface area contributed by atoms with Crippen molar-refractivity contribution in [3.63, 3.8) is 0 Å². The van der Waals surface area contributed by atoms with Crippen molar-refractivity contribution < 1.29 is 9.18 Å². The van der Waals surface area contributed by atoms with E-state index >= 15 is 0 Å². The Bertz CT molecular complexity index is 902. The summed E-state index contributed by atoms with van der Waals surface area (Å²) < 4.78 is 13.9. The zero-order valence-corrected chi connectivity index (χ0v) is 16.2. The van der Waals surface area contributed by atoms with Crippen LogP contribution in [0.4, 0.5) is 10.2 Å². The summed E-state index contributed by atoms with van der Waals surface area (Å²) in [6.45, 7) is 1.80. The van der Waals surface area contributed by atoms with E-state index in [1.165, 1.54) is 31.3 Å². The number of hydrogen-bond acceptors (Lipinski definition) is 7. The van der Waals surface area contributed by atoms with Crippen LogP contribution in [0.15, 0.2) is 47.8 Å². The molecule has 2 aliphatic carbocycles. The smallest absolute Gasteiger partial charge is 0.275 e. The standard InChI is InChI=1S/C20H24FN7O/c1-23-8-12-6-15(7-16(21)19(12)22)27-20(29)17-9-25-18(10-24-17)28-5-4-14(11-28)26-13-2-3-13/h6-10,13-14,22-23,26H,2-5,11H2,1H3,(H,27,29)/b12-8-,22-19?. The summed E-state index contributed by atoms with van der Waals surface area (Å²) in [5.41, 5.74) is 0.508. The summed E-state index contributed by atoms with van der Waals surface area (Å²) in [7, 11) is 1.66. The SMILES string of the molecule is CN/C=C1/C=C(NC(=O)c2cnc(N3CCC(NC4CC4)C3)cn2)C=C(F)C1=N. The normalized spacial score (nSPS) is 23.1. The van der Waals surface area contributed by atoms with Crippen LogP contribution < -0.4 is 20.9 Å². The molecule has 2 heterocycles. The highest BCUT2D eigenvalue weighted by Crippen LogP contribution is 2.24. The first kappa shape index (κ1) is 19.3. The monoisotopic (exact) mass is 397 g/mol. The fraction of sp³-hybridized carbons (Fsp3) is 0.400. The maximum Gasteiger partial charge on any atom is 0.275 e. The number of allylic oxidation sites excluding steroid dienone is 4. The number of halogens is 1. The first-order chi connectivity index (χ1) is 14.0. The van der Waals surface area contributed by atoms with E-state index in [0.29, 0.717) is 17.7 Å². The molecule has 1 saturated heterocycles. The van der Waals surface area contributed by atoms with E-state index < -0.39 is 11.7 Å². The second-order valence-corrected chi connectivity index (χ2v) is 7.44. The van der Waals surface area contributed by atoms with Gasteiger partial charge in [0, 0.05) is 49.7 Å². The van der Waals surface area contributed by atoms with Gasteiger partial charge in [0.2, 0.25) is 0 Å². The molecule has 9 heteroatoms. The van der Waals surface area contributed by atoms with Gasteiger partial charge in [-0.15, -0.1) is 0 Å². The molecule has 1 atom stereocenters. The first-order valence-corrected chi connectivity index (χ1v) is 9.73. The van der Waals surface area contributed by atoms with E-state index in [-0.39, 0.29) is 17.1 Å². The van der Waals surface area contributed by atoms with Crippen LogP contribution in [-0.2, 0) is 0 Å². The Morgan fingerprint density at radius 1 is 1.24 bits per heavy atom. The lowest BCUT2D eigenvalue weighted by molar-refractivity contribution is 0.0962. The van der Waals surface area contributed by atoms with E-state index in [2.05, 4.69) is 30.8 Å². The van der Waals surface area contributed by atoms with Gasteiger partial charge in [-0.05, 0) is 31.4 Å². The molecule has 0 radical (unpaired) electrons. The number of carbonyl (C=O) groups excluding carboxylic acids is 1. The lowest BCUT2D eigenvalue weighted by atomic mass is 10.0. The van der Waals surface area contributed by atoms with Gasteiger partial charge in [-0.1, -0.05) is 0 Å². The van der Waals surface area contributed by atoms with Gasteiger partial charge in [-0.2, -0.15) is 0 Å². The second-order valence-electron chi connectivity index (χ2n) is 7.44. The molecular formula is C20H24FN7O. The van der Waals surface area contributed by atoms with Crippen LogP contribution in [0.5, 0.6) is 0 Å². The Morgan fingerprint density at radius 2 is 2.07 bits per heavy atom. The number of rotatable bonds is 6. The summed E-state index contributed by atoms with van der Waals surface area (Å²) in [5, 5.41) is 16.7. The highest BCUT2D eigenvalue weighted by atomic mass is 19.1. The summed E-state index contributed by atoms with van der Waals surface area (Å²) in [5.74, 6) is -0.447. The van der Waals surface area contributed by atoms with Crippen molar-refractivity contribution in [2.75, 3.05) is 25.0 Å². The van der Waals surface area contributed by atoms with Crippen LogP contribution in [0.25, 0.3) is 0 Å². The summed E-state index contributed by atoms with van der Waals surface area (Å²) >= 11 is 0. The molecule has 4 N–H and O–H groups in total. The molecule has 4 rings (SSSR count). The van der Waals surface area contributed by atoms with Gasteiger partial charge in [0.25, 0.3) is 5.91 Å². The topological polar surface area (TPSA) is 106 Å². The van der Waals surface area contributed by atoms with E-state index in [9.17, 15) is 9.18 Å². The van der Waals surface area contributed by atoms with Crippen LogP contribution in [0, 0.1) is 5.41 Å². The Morgan fingerprint density at radius 3 is 2.76 bits per heavy atom. The second kappa shape index (κ2) is 8.12. The average molecular weight is 397 g/mol. The molecule has 0 aromatic carbocycles. The molecule has 1 saturated carbocycles. The van der Waals surface area contributed by atoms with Gasteiger partial charge in [-0.3, -0.25) is 10.2 Å². The highest BCUT2D eigenvalue weighted by molar-refractivity contribution is 6.12. The molecule has 8 nitrogen and oxygen atoms in total. The van der Waals surface area contributed by atoms with Crippen molar-refractivity contribution in [1.29, 1.82) is 5.41 Å². The van der Waals surface area contributed by atoms with Gasteiger partial charge < -0.3 is 20.9 Å². The van der Waals surface area contributed by atoms with Crippen molar-refractivity contribution in [3.05, 3.63) is 53.5 Å². The lowest BCUT2D eigenvalue weighted by Gasteiger charge is -2.18. The zero-order chi connectivity index (χ0) is 20.4. The van der Waals surface area contributed by atoms with Crippen LogP contribution in [0.1, 0.15) is 29.8 Å². The number of nitrogens with one attached hydrogen (secondary N) is 4. The summed E-state index contributed by atoms with van der Waals surface area (Å²) in [4.78, 5) is 23.2. The van der Waals surface area contributed by atoms with Crippen molar-refractivity contribution in [2.45, 2.75) is 31.3 Å². The zero-order valence-electron chi connectivity index (χ0n) is 16.2. The Kier molecular flexibility index (Phi) is 5.39. The summed E-state index contributed by atoms with van der Waals surface area (Å²) in [6, 6.07) is 1.16. The third-order valence-corrected chi connectivity index (χ3v) is 5.11. The number of nitrogens with zero attached hydrogens (tertiary/aromatic N) is 3. The Hall–Kier alpha value is -3.07. The third kappa shape index (κ3) is 4.51. The van der Waals surface area contributed by atoms with Crippen LogP contribution in [-0.4, -0.2) is 53.8 Å². The predicted molar refractivity (Wildman–Crippen MR) is 108 cm³/mol. The van der Waals surface area contributed by atoms with Crippen LogP contribution in [0.2, 0.25) is 0 Å². The molecular weight excluding hydrogens is 373 g/mol. The van der Waals surface area contributed by atoms with Gasteiger partial charge in [-0.25, -0.2) is 14.4 Å². The van der Waals surface area contributed by atoms with Crippen molar-refractivity contribution in [2.24, 2.45) is 0 Å². The fourth-order valence-corrected chi connectivity index (χ4v) is 3.45. The quantitative estimate of drug-likeness (QED) is 0.578. The fourth-order valence-electron chi connectivity index (χ4n) is 3.45. The minimum Gasteiger partial charge on any atom is -0.393 e. The Balaban J connectivity index is 1.39. The van der Waals surface area contributed by atoms with Gasteiger partial charge in [0.1, 0.15) is 11.5 Å². The van der Waals surface area contributed by atoms with E-state index in [1.54, 1.807) is 13.2 Å². The van der Waals surface area contributed by atoms with Crippen LogP contribution >= 0.6 is 0 Å². The first-order valence-electron chi connectivity index (χ1n) is 9.73. The molecule has 0 spiro atoms. The van der Waals surface area contributed by atoms with Crippen molar-refractivity contribution >= 4 is 17.4 Å². The number of hydrogen-bond donors (Lipinski definition) is 4. The molecule has 1 aliphatic heterocycles. The number of carbonyl (C=O) groups is 1. The number of amides is 1. The molecule has 1 amide bonds. The summed E-state index contributed by atoms with van der Waals surface area (Å²) in [6.07, 6.45) is 10.8. The molecule has 152 valence electrons. The lowest BCUT2D eigenvalue weighted by Crippen LogP contribution is -2.34. The van der Waals surface area contributed by atoms with Crippen LogP contribution in [0.3, 0.4) is 0 Å². The maximum atomic E-state index is 13.9. The molecule has 29 heavy (non-hydrogen) atoms. The highest BCUT2D eigenvalue weighted by Gasteiger charge is 2.29.